The van der Waals surface area contributed by atoms with Gasteiger partial charge in [-0.25, -0.2) is 17.8 Å². The number of hydrogen-bond donors (Lipinski definition) is 0. The fraction of sp³-hybridized carbons (Fsp3) is 0.393. The first-order valence-electron chi connectivity index (χ1n) is 12.7. The van der Waals surface area contributed by atoms with Crippen molar-refractivity contribution in [3.05, 3.63) is 77.9 Å². The van der Waals surface area contributed by atoms with E-state index in [-0.39, 0.29) is 30.9 Å². The third-order valence-electron chi connectivity index (χ3n) is 6.74. The number of nitrogens with zero attached hydrogens (tertiary/aromatic N) is 5. The summed E-state index contributed by atoms with van der Waals surface area (Å²) in [6.45, 7) is 0.825. The number of hydrogen-bond acceptors (Lipinski definition) is 7. The van der Waals surface area contributed by atoms with E-state index in [9.17, 15) is 17.6 Å². The number of imidazole rings is 1. The molecule has 0 bridgehead atoms. The van der Waals surface area contributed by atoms with Gasteiger partial charge in [-0.05, 0) is 42.7 Å². The van der Waals surface area contributed by atoms with Gasteiger partial charge in [0.2, 0.25) is 5.91 Å². The summed E-state index contributed by atoms with van der Waals surface area (Å²) in [6.07, 6.45) is 5.70. The zero-order valence-corrected chi connectivity index (χ0v) is 22.7. The van der Waals surface area contributed by atoms with Crippen molar-refractivity contribution in [2.45, 2.75) is 32.0 Å². The van der Waals surface area contributed by atoms with Gasteiger partial charge in [-0.3, -0.25) is 9.69 Å². The van der Waals surface area contributed by atoms with Gasteiger partial charge in [0.15, 0.2) is 0 Å². The molecule has 0 unspecified atom stereocenters. The number of carbonyl (C=O) groups excluding carboxylic acids is 1. The topological polar surface area (TPSA) is 109 Å². The van der Waals surface area contributed by atoms with Crippen LogP contribution in [-0.4, -0.2) is 73.2 Å². The highest BCUT2D eigenvalue weighted by molar-refractivity contribution is 7.90. The minimum atomic E-state index is -3.18. The maximum absolute atomic E-state index is 13.5. The second-order valence-corrected chi connectivity index (χ2v) is 11.9. The molecule has 11 heteroatoms. The second-order valence-electron chi connectivity index (χ2n) is 9.67. The number of anilines is 1. The van der Waals surface area contributed by atoms with Crippen molar-refractivity contribution in [2.24, 2.45) is 0 Å². The standard InChI is InChI=1S/C28H32FN5O4S/c1-39(36,37)14-10-24-9-12-34(25-3-2-4-27(15-25)38-13-11-29)28(35)20-32(24)19-26-17-31-21-33(26)18-23-7-5-22(16-30)6-8-23/h2-8,15,17,21,24H,9-14,18-20H2,1H3/t24-/m1/s1. The van der Waals surface area contributed by atoms with Crippen molar-refractivity contribution < 1.29 is 22.3 Å². The van der Waals surface area contributed by atoms with Gasteiger partial charge in [0.1, 0.15) is 28.9 Å². The molecule has 9 nitrogen and oxygen atoms in total. The lowest BCUT2D eigenvalue weighted by molar-refractivity contribution is -0.119. The maximum atomic E-state index is 13.5. The molecule has 0 aliphatic carbocycles. The van der Waals surface area contributed by atoms with E-state index < -0.39 is 16.5 Å². The molecule has 3 aromatic rings. The minimum Gasteiger partial charge on any atom is -0.491 e. The molecule has 1 aliphatic rings. The largest absolute Gasteiger partial charge is 0.491 e. The number of carbonyl (C=O) groups is 1. The Kier molecular flexibility index (Phi) is 9.32. The number of sulfone groups is 1. The SMILES string of the molecule is CS(=O)(=O)CC[C@H]1CCN(c2cccc(OCCF)c2)C(=O)CN1Cc1cncn1Cc1ccc(C#N)cc1. The zero-order valence-electron chi connectivity index (χ0n) is 21.9. The summed E-state index contributed by atoms with van der Waals surface area (Å²) in [5, 5.41) is 9.05. The molecule has 1 amide bonds. The molecule has 0 saturated carbocycles. The Bertz CT molecular complexity index is 1420. The summed E-state index contributed by atoms with van der Waals surface area (Å²) >= 11 is 0. The number of ether oxygens (including phenoxy) is 1. The molecular formula is C28H32FN5O4S. The van der Waals surface area contributed by atoms with Crippen LogP contribution in [-0.2, 0) is 27.7 Å². The second kappa shape index (κ2) is 12.9. The number of nitriles is 1. The maximum Gasteiger partial charge on any atom is 0.241 e. The van der Waals surface area contributed by atoms with Crippen molar-refractivity contribution in [1.82, 2.24) is 14.5 Å². The molecule has 1 aliphatic heterocycles. The van der Waals surface area contributed by atoms with E-state index in [4.69, 9.17) is 10.00 Å². The molecule has 2 aromatic carbocycles. The van der Waals surface area contributed by atoms with Crippen molar-refractivity contribution in [3.8, 4) is 11.8 Å². The van der Waals surface area contributed by atoms with E-state index in [1.807, 2.05) is 27.7 Å². The predicted molar refractivity (Wildman–Crippen MR) is 146 cm³/mol. The van der Waals surface area contributed by atoms with E-state index in [0.29, 0.717) is 49.5 Å². The average Bonchev–Trinajstić information content (AvgIpc) is 3.28. The highest BCUT2D eigenvalue weighted by Crippen LogP contribution is 2.26. The van der Waals surface area contributed by atoms with E-state index in [1.165, 1.54) is 6.26 Å². The highest BCUT2D eigenvalue weighted by Gasteiger charge is 2.31. The smallest absolute Gasteiger partial charge is 0.241 e. The summed E-state index contributed by atoms with van der Waals surface area (Å²) in [7, 11) is -3.18. The zero-order chi connectivity index (χ0) is 27.8. The van der Waals surface area contributed by atoms with Crippen LogP contribution in [0, 0.1) is 11.3 Å². The molecule has 0 N–H and O–H groups in total. The fourth-order valence-corrected chi connectivity index (χ4v) is 5.42. The molecule has 4 rings (SSSR count). The van der Waals surface area contributed by atoms with Gasteiger partial charge in [0, 0.05) is 49.9 Å². The summed E-state index contributed by atoms with van der Waals surface area (Å²) in [4.78, 5) is 21.5. The van der Waals surface area contributed by atoms with Crippen molar-refractivity contribution in [3.63, 3.8) is 0 Å². The van der Waals surface area contributed by atoms with Crippen molar-refractivity contribution >= 4 is 21.4 Å². The Morgan fingerprint density at radius 2 is 1.97 bits per heavy atom. The molecule has 206 valence electrons. The van der Waals surface area contributed by atoms with Gasteiger partial charge in [-0.1, -0.05) is 18.2 Å². The Morgan fingerprint density at radius 3 is 2.69 bits per heavy atom. The highest BCUT2D eigenvalue weighted by atomic mass is 32.2. The Balaban J connectivity index is 1.55. The van der Waals surface area contributed by atoms with Crippen LogP contribution in [0.1, 0.15) is 29.7 Å². The molecule has 1 atom stereocenters. The van der Waals surface area contributed by atoms with Crippen LogP contribution in [0.5, 0.6) is 5.75 Å². The van der Waals surface area contributed by atoms with Gasteiger partial charge in [0.05, 0.1) is 36.0 Å². The van der Waals surface area contributed by atoms with Crippen LogP contribution < -0.4 is 9.64 Å². The van der Waals surface area contributed by atoms with Gasteiger partial charge in [-0.2, -0.15) is 5.26 Å². The first kappa shape index (κ1) is 28.3. The summed E-state index contributed by atoms with van der Waals surface area (Å²) in [5.41, 5.74) is 3.15. The third-order valence-corrected chi connectivity index (χ3v) is 7.72. The van der Waals surface area contributed by atoms with Gasteiger partial charge < -0.3 is 14.2 Å². The quantitative estimate of drug-likeness (QED) is 0.359. The summed E-state index contributed by atoms with van der Waals surface area (Å²) in [6, 6.07) is 16.3. The van der Waals surface area contributed by atoms with Crippen LogP contribution in [0.15, 0.2) is 61.1 Å². The van der Waals surface area contributed by atoms with Crippen LogP contribution in [0.25, 0.3) is 0 Å². The van der Waals surface area contributed by atoms with Crippen LogP contribution >= 0.6 is 0 Å². The Hall–Kier alpha value is -3.75. The Morgan fingerprint density at radius 1 is 1.18 bits per heavy atom. The monoisotopic (exact) mass is 553 g/mol. The molecule has 39 heavy (non-hydrogen) atoms. The average molecular weight is 554 g/mol. The van der Waals surface area contributed by atoms with Crippen LogP contribution in [0.2, 0.25) is 0 Å². The van der Waals surface area contributed by atoms with E-state index in [2.05, 4.69) is 11.1 Å². The Labute approximate surface area is 228 Å². The van der Waals surface area contributed by atoms with Crippen LogP contribution in [0.3, 0.4) is 0 Å². The number of halogens is 1. The molecule has 1 fully saturated rings. The first-order chi connectivity index (χ1) is 18.8. The van der Waals surface area contributed by atoms with E-state index in [1.54, 1.807) is 47.8 Å². The normalized spacial score (nSPS) is 16.6. The summed E-state index contributed by atoms with van der Waals surface area (Å²) < 4.78 is 43.9. The molecule has 2 heterocycles. The molecule has 0 radical (unpaired) electrons. The van der Waals surface area contributed by atoms with Crippen LogP contribution in [0.4, 0.5) is 10.1 Å². The minimum absolute atomic E-state index is 0.0272. The number of aromatic nitrogens is 2. The van der Waals surface area contributed by atoms with Gasteiger partial charge in [-0.15, -0.1) is 0 Å². The third kappa shape index (κ3) is 7.88. The van der Waals surface area contributed by atoms with E-state index in [0.717, 1.165) is 11.3 Å². The van der Waals surface area contributed by atoms with Crippen molar-refractivity contribution in [2.75, 3.05) is 43.3 Å². The first-order valence-corrected chi connectivity index (χ1v) is 14.8. The van der Waals surface area contributed by atoms with E-state index >= 15 is 0 Å². The lowest BCUT2D eigenvalue weighted by Gasteiger charge is -2.29. The number of amides is 1. The lowest BCUT2D eigenvalue weighted by Crippen LogP contribution is -2.40. The molecular weight excluding hydrogens is 521 g/mol. The number of benzene rings is 2. The lowest BCUT2D eigenvalue weighted by atomic mass is 10.1. The van der Waals surface area contributed by atoms with Crippen molar-refractivity contribution in [1.29, 1.82) is 5.26 Å². The summed E-state index contributed by atoms with van der Waals surface area (Å²) in [5.74, 6) is 0.399. The predicted octanol–water partition coefficient (Wildman–Crippen LogP) is 3.19. The van der Waals surface area contributed by atoms with Gasteiger partial charge in [0.25, 0.3) is 0 Å². The van der Waals surface area contributed by atoms with Gasteiger partial charge >= 0.3 is 0 Å². The fourth-order valence-electron chi connectivity index (χ4n) is 4.72. The molecule has 1 aromatic heterocycles. The number of alkyl halides is 1. The molecule has 0 spiro atoms. The molecule has 1 saturated heterocycles. The number of rotatable bonds is 11.